The van der Waals surface area contributed by atoms with Crippen molar-refractivity contribution in [2.75, 3.05) is 6.54 Å². The maximum Gasteiger partial charge on any atom is 0.0594 e. The van der Waals surface area contributed by atoms with Gasteiger partial charge in [0.15, 0.2) is 0 Å². The lowest BCUT2D eigenvalue weighted by Crippen LogP contribution is -2.30. The molecule has 0 saturated carbocycles. The second-order valence-electron chi connectivity index (χ2n) is 5.19. The minimum absolute atomic E-state index is 0.378. The van der Waals surface area contributed by atoms with Gasteiger partial charge in [0.25, 0.3) is 0 Å². The summed E-state index contributed by atoms with van der Waals surface area (Å²) in [7, 11) is 0. The zero-order valence-corrected chi connectivity index (χ0v) is 11.0. The third-order valence-corrected chi connectivity index (χ3v) is 4.00. The molecule has 1 saturated heterocycles. The topological polar surface area (TPSA) is 21.3 Å². The van der Waals surface area contributed by atoms with Crippen LogP contribution in [0.2, 0.25) is 0 Å². The molecule has 0 aliphatic carbocycles. The Bertz CT molecular complexity index is 338. The summed E-state index contributed by atoms with van der Waals surface area (Å²) in [4.78, 5) is 0. The average molecular weight is 233 g/mol. The first-order valence-corrected chi connectivity index (χ1v) is 6.58. The van der Waals surface area contributed by atoms with Crippen LogP contribution in [-0.2, 0) is 11.3 Å². The third-order valence-electron chi connectivity index (χ3n) is 4.00. The molecule has 0 radical (unpaired) electrons. The molecule has 0 amide bonds. The van der Waals surface area contributed by atoms with Crippen molar-refractivity contribution in [2.45, 2.75) is 39.5 Å². The summed E-state index contributed by atoms with van der Waals surface area (Å²) in [5, 5.41) is 3.54. The van der Waals surface area contributed by atoms with Gasteiger partial charge in [-0.05, 0) is 25.3 Å². The highest BCUT2D eigenvalue weighted by atomic mass is 16.5. The van der Waals surface area contributed by atoms with Crippen LogP contribution in [0.4, 0.5) is 0 Å². The standard InChI is InChI=1S/C15H23NO/c1-11-12(2)17-13(3)15(11)10-16-9-14-7-5-4-6-8-14/h4-8,11-13,15-16H,9-10H2,1-3H3. The lowest BCUT2D eigenvalue weighted by molar-refractivity contribution is 0.0511. The summed E-state index contributed by atoms with van der Waals surface area (Å²) >= 11 is 0. The number of hydrogen-bond donors (Lipinski definition) is 1. The Labute approximate surface area is 104 Å². The first-order valence-electron chi connectivity index (χ1n) is 6.58. The van der Waals surface area contributed by atoms with Crippen molar-refractivity contribution in [1.82, 2.24) is 5.32 Å². The zero-order chi connectivity index (χ0) is 12.3. The van der Waals surface area contributed by atoms with E-state index in [4.69, 9.17) is 4.74 Å². The SMILES string of the molecule is CC1OC(C)C(CNCc2ccccc2)C1C. The van der Waals surface area contributed by atoms with Crippen LogP contribution in [0.3, 0.4) is 0 Å². The van der Waals surface area contributed by atoms with E-state index in [0.29, 0.717) is 24.0 Å². The van der Waals surface area contributed by atoms with Crippen LogP contribution in [0.1, 0.15) is 26.3 Å². The van der Waals surface area contributed by atoms with Crippen molar-refractivity contribution in [2.24, 2.45) is 11.8 Å². The predicted octanol–water partition coefficient (Wildman–Crippen LogP) is 2.84. The van der Waals surface area contributed by atoms with E-state index in [0.717, 1.165) is 13.1 Å². The highest BCUT2D eigenvalue weighted by Crippen LogP contribution is 2.31. The van der Waals surface area contributed by atoms with E-state index in [1.165, 1.54) is 5.56 Å². The van der Waals surface area contributed by atoms with Crippen LogP contribution in [0.15, 0.2) is 30.3 Å². The van der Waals surface area contributed by atoms with Gasteiger partial charge in [-0.25, -0.2) is 0 Å². The van der Waals surface area contributed by atoms with E-state index in [2.05, 4.69) is 56.4 Å². The van der Waals surface area contributed by atoms with Gasteiger partial charge in [-0.15, -0.1) is 0 Å². The Morgan fingerprint density at radius 3 is 2.35 bits per heavy atom. The number of benzene rings is 1. The van der Waals surface area contributed by atoms with Gasteiger partial charge in [0.2, 0.25) is 0 Å². The third kappa shape index (κ3) is 3.08. The van der Waals surface area contributed by atoms with Crippen molar-refractivity contribution in [3.8, 4) is 0 Å². The van der Waals surface area contributed by atoms with Gasteiger partial charge in [-0.1, -0.05) is 37.3 Å². The van der Waals surface area contributed by atoms with Crippen molar-refractivity contribution < 1.29 is 4.74 Å². The van der Waals surface area contributed by atoms with Crippen LogP contribution < -0.4 is 5.32 Å². The fourth-order valence-corrected chi connectivity index (χ4v) is 2.67. The molecule has 1 heterocycles. The molecule has 0 bridgehead atoms. The normalized spacial score (nSPS) is 32.9. The van der Waals surface area contributed by atoms with Gasteiger partial charge in [-0.3, -0.25) is 0 Å². The minimum atomic E-state index is 0.378. The molecule has 1 aliphatic heterocycles. The van der Waals surface area contributed by atoms with E-state index in [1.807, 2.05) is 0 Å². The van der Waals surface area contributed by atoms with Crippen molar-refractivity contribution in [3.63, 3.8) is 0 Å². The summed E-state index contributed by atoms with van der Waals surface area (Å²) < 4.78 is 5.85. The smallest absolute Gasteiger partial charge is 0.0594 e. The minimum Gasteiger partial charge on any atom is -0.375 e. The average Bonchev–Trinajstić information content (AvgIpc) is 2.57. The van der Waals surface area contributed by atoms with Crippen molar-refractivity contribution >= 4 is 0 Å². The molecule has 1 N–H and O–H groups in total. The summed E-state index contributed by atoms with van der Waals surface area (Å²) in [5.74, 6) is 1.28. The van der Waals surface area contributed by atoms with Gasteiger partial charge in [0.1, 0.15) is 0 Å². The number of hydrogen-bond acceptors (Lipinski definition) is 2. The predicted molar refractivity (Wildman–Crippen MR) is 70.8 cm³/mol. The van der Waals surface area contributed by atoms with Crippen LogP contribution in [0.25, 0.3) is 0 Å². The molecule has 2 heteroatoms. The van der Waals surface area contributed by atoms with Gasteiger partial charge < -0.3 is 10.1 Å². The molecule has 1 fully saturated rings. The van der Waals surface area contributed by atoms with Crippen LogP contribution in [-0.4, -0.2) is 18.8 Å². The van der Waals surface area contributed by atoms with E-state index < -0.39 is 0 Å². The molecule has 2 rings (SSSR count). The van der Waals surface area contributed by atoms with Gasteiger partial charge >= 0.3 is 0 Å². The van der Waals surface area contributed by atoms with E-state index in [-0.39, 0.29) is 0 Å². The molecule has 17 heavy (non-hydrogen) atoms. The monoisotopic (exact) mass is 233 g/mol. The Kier molecular flexibility index (Phi) is 4.19. The lowest BCUT2D eigenvalue weighted by Gasteiger charge is -2.19. The van der Waals surface area contributed by atoms with Gasteiger partial charge in [0.05, 0.1) is 12.2 Å². The Hall–Kier alpha value is -0.860. The molecule has 0 aromatic heterocycles. The molecule has 1 aliphatic rings. The number of nitrogens with one attached hydrogen (secondary N) is 1. The summed E-state index contributed by atoms with van der Waals surface area (Å²) in [6.45, 7) is 8.66. The molecular weight excluding hydrogens is 210 g/mol. The Balaban J connectivity index is 1.79. The maximum absolute atomic E-state index is 5.85. The summed E-state index contributed by atoms with van der Waals surface area (Å²) in [6, 6.07) is 10.5. The second kappa shape index (κ2) is 5.65. The molecule has 1 aromatic carbocycles. The lowest BCUT2D eigenvalue weighted by atomic mass is 9.89. The molecule has 0 spiro atoms. The van der Waals surface area contributed by atoms with Crippen LogP contribution in [0, 0.1) is 11.8 Å². The molecule has 4 unspecified atom stereocenters. The quantitative estimate of drug-likeness (QED) is 0.863. The van der Waals surface area contributed by atoms with E-state index >= 15 is 0 Å². The molecule has 94 valence electrons. The van der Waals surface area contributed by atoms with Crippen molar-refractivity contribution in [3.05, 3.63) is 35.9 Å². The zero-order valence-electron chi connectivity index (χ0n) is 11.0. The van der Waals surface area contributed by atoms with Gasteiger partial charge in [-0.2, -0.15) is 0 Å². The van der Waals surface area contributed by atoms with Crippen molar-refractivity contribution in [1.29, 1.82) is 0 Å². The summed E-state index contributed by atoms with van der Waals surface area (Å²) in [5.41, 5.74) is 1.35. The van der Waals surface area contributed by atoms with Crippen LogP contribution >= 0.6 is 0 Å². The fraction of sp³-hybridized carbons (Fsp3) is 0.600. The largest absolute Gasteiger partial charge is 0.375 e. The van der Waals surface area contributed by atoms with Gasteiger partial charge in [0, 0.05) is 19.0 Å². The maximum atomic E-state index is 5.85. The van der Waals surface area contributed by atoms with E-state index in [1.54, 1.807) is 0 Å². The second-order valence-corrected chi connectivity index (χ2v) is 5.19. The number of ether oxygens (including phenoxy) is 1. The Morgan fingerprint density at radius 1 is 1.06 bits per heavy atom. The molecule has 1 aromatic rings. The highest BCUT2D eigenvalue weighted by Gasteiger charge is 2.36. The number of rotatable bonds is 4. The first-order chi connectivity index (χ1) is 8.18. The first kappa shape index (κ1) is 12.6. The Morgan fingerprint density at radius 2 is 1.76 bits per heavy atom. The fourth-order valence-electron chi connectivity index (χ4n) is 2.67. The highest BCUT2D eigenvalue weighted by molar-refractivity contribution is 5.14. The summed E-state index contributed by atoms with van der Waals surface area (Å²) in [6.07, 6.45) is 0.775. The van der Waals surface area contributed by atoms with Crippen LogP contribution in [0.5, 0.6) is 0 Å². The molecule has 4 atom stereocenters. The van der Waals surface area contributed by atoms with E-state index in [9.17, 15) is 0 Å². The molecule has 2 nitrogen and oxygen atoms in total. The molecular formula is C15H23NO.